The van der Waals surface area contributed by atoms with Gasteiger partial charge in [0.25, 0.3) is 0 Å². The summed E-state index contributed by atoms with van der Waals surface area (Å²) in [4.78, 5) is 13.9. The van der Waals surface area contributed by atoms with Crippen LogP contribution in [0.1, 0.15) is 19.4 Å². The van der Waals surface area contributed by atoms with Crippen molar-refractivity contribution in [2.75, 3.05) is 0 Å². The Kier molecular flexibility index (Phi) is 7.40. The third-order valence-corrected chi connectivity index (χ3v) is 8.34. The molecule has 6 heteroatoms. The molecule has 0 bridgehead atoms. The summed E-state index contributed by atoms with van der Waals surface area (Å²) in [5.41, 5.74) is 9.97. The number of rotatable bonds is 2. The third kappa shape index (κ3) is 4.97. The van der Waals surface area contributed by atoms with Crippen LogP contribution < -0.4 is 0 Å². The van der Waals surface area contributed by atoms with Gasteiger partial charge in [-0.05, 0) is 41.2 Å². The van der Waals surface area contributed by atoms with Gasteiger partial charge in [-0.25, -0.2) is 4.98 Å². The molecule has 0 unspecified atom stereocenters. The topological polar surface area (TPSA) is 56.7 Å². The summed E-state index contributed by atoms with van der Waals surface area (Å²) in [5, 5.41) is 2.13. The van der Waals surface area contributed by atoms with Crippen LogP contribution in [0.5, 0.6) is 0 Å². The Labute approximate surface area is 275 Å². The van der Waals surface area contributed by atoms with Gasteiger partial charge in [-0.2, -0.15) is 0 Å². The van der Waals surface area contributed by atoms with Crippen molar-refractivity contribution >= 4 is 33.0 Å². The van der Waals surface area contributed by atoms with Gasteiger partial charge in [-0.1, -0.05) is 73.3 Å². The van der Waals surface area contributed by atoms with Crippen molar-refractivity contribution in [1.29, 1.82) is 0 Å². The first-order chi connectivity index (χ1) is 21.6. The minimum absolute atomic E-state index is 0. The maximum Gasteiger partial charge on any atom is 0.148 e. The number of nitrogens with zero attached hydrogens (tertiary/aromatic N) is 4. The van der Waals surface area contributed by atoms with Crippen LogP contribution in [0, 0.1) is 12.1 Å². The van der Waals surface area contributed by atoms with Crippen LogP contribution in [0.2, 0.25) is 0 Å². The first-order valence-electron chi connectivity index (χ1n) is 14.7. The summed E-state index contributed by atoms with van der Waals surface area (Å²) in [6.45, 7) is 5.49. The minimum Gasteiger partial charge on any atom is -0.498 e. The summed E-state index contributed by atoms with van der Waals surface area (Å²) in [6, 6.07) is 43.0. The Morgan fingerprint density at radius 2 is 1.44 bits per heavy atom. The van der Waals surface area contributed by atoms with E-state index in [1.54, 1.807) is 12.4 Å². The van der Waals surface area contributed by atoms with Crippen molar-refractivity contribution in [3.8, 4) is 33.9 Å². The number of aromatic nitrogens is 4. The predicted molar refractivity (Wildman–Crippen MR) is 176 cm³/mol. The molecule has 45 heavy (non-hydrogen) atoms. The van der Waals surface area contributed by atoms with Crippen molar-refractivity contribution in [2.45, 2.75) is 25.8 Å². The zero-order valence-electron chi connectivity index (χ0n) is 24.8. The Bertz CT molecular complexity index is 2240. The van der Waals surface area contributed by atoms with Crippen molar-refractivity contribution in [2.24, 2.45) is 0 Å². The molecule has 9 rings (SSSR count). The smallest absolute Gasteiger partial charge is 0.148 e. The minimum atomic E-state index is 0. The average Bonchev–Trinajstić information content (AvgIpc) is 3.65. The molecule has 1 aliphatic rings. The molecule has 0 saturated heterocycles. The van der Waals surface area contributed by atoms with E-state index < -0.39 is 0 Å². The molecular weight excluding hydrogens is 733 g/mol. The Hall–Kier alpha value is -4.90. The summed E-state index contributed by atoms with van der Waals surface area (Å²) < 4.78 is 8.87. The average molecular weight is 761 g/mol. The van der Waals surface area contributed by atoms with E-state index >= 15 is 0 Å². The molecule has 221 valence electrons. The van der Waals surface area contributed by atoms with E-state index in [4.69, 9.17) is 9.40 Å². The normalized spacial score (nSPS) is 13.0. The molecule has 0 fully saturated rings. The molecule has 0 aliphatic carbocycles. The van der Waals surface area contributed by atoms with Crippen LogP contribution in [0.15, 0.2) is 126 Å². The molecule has 4 aromatic heterocycles. The van der Waals surface area contributed by atoms with Crippen molar-refractivity contribution < 1.29 is 24.5 Å². The van der Waals surface area contributed by atoms with Gasteiger partial charge in [0.2, 0.25) is 0 Å². The molecule has 1 radical (unpaired) electrons. The monoisotopic (exact) mass is 761 g/mol. The Morgan fingerprint density at radius 3 is 2.20 bits per heavy atom. The Morgan fingerprint density at radius 1 is 0.711 bits per heavy atom. The summed E-state index contributed by atoms with van der Waals surface area (Å²) in [7, 11) is 0. The quantitative estimate of drug-likeness (QED) is 0.165. The molecule has 8 aromatic rings. The van der Waals surface area contributed by atoms with Gasteiger partial charge in [-0.15, -0.1) is 54.1 Å². The van der Waals surface area contributed by atoms with E-state index in [9.17, 15) is 0 Å². The van der Waals surface area contributed by atoms with Gasteiger partial charge in [0.15, 0.2) is 0 Å². The van der Waals surface area contributed by atoms with Crippen LogP contribution in [0.3, 0.4) is 0 Å². The number of benzene rings is 4. The van der Waals surface area contributed by atoms with E-state index in [1.165, 1.54) is 11.1 Å². The number of pyridine rings is 2. The van der Waals surface area contributed by atoms with Crippen LogP contribution in [0.25, 0.3) is 66.9 Å². The van der Waals surface area contributed by atoms with E-state index in [2.05, 4.69) is 83.0 Å². The second kappa shape index (κ2) is 11.5. The Balaban J connectivity index is 0.000000211. The van der Waals surface area contributed by atoms with Gasteiger partial charge >= 0.3 is 0 Å². The van der Waals surface area contributed by atoms with Gasteiger partial charge in [0, 0.05) is 55.4 Å². The molecule has 5 nitrogen and oxygen atoms in total. The number of fused-ring (bicyclic) bond motifs is 9. The van der Waals surface area contributed by atoms with Gasteiger partial charge in [0.1, 0.15) is 16.9 Å². The van der Waals surface area contributed by atoms with E-state index in [0.717, 1.165) is 67.9 Å². The molecule has 0 saturated carbocycles. The standard InChI is InChI=1S/C28H20N3O.C11H8N.Ir/c1-28(2)16-31-23-14-13-18-17-9-7-10-20(22-12-5-6-15-29-22)25(17)32-26(18)24(23)30-27(31)19-8-3-4-11-21(19)28;1-2-6-10(7-3-1)11-8-4-5-9-12-11;/h3-9,11-15H,16H2,1-2H3;1-6,8-9H;/q2*-1;. The number of hydrogen-bond acceptors (Lipinski definition) is 4. The summed E-state index contributed by atoms with van der Waals surface area (Å²) in [6.07, 6.45) is 3.58. The maximum atomic E-state index is 6.52. The molecule has 5 heterocycles. The SMILES string of the molecule is CC1(C)Cn2c(nc3c4oc5c(-c6ccccn6)[c-]ccc5c4ccc32)-c2ccccc21.[Ir].[c-]1ccccc1-c1ccccn1. The predicted octanol–water partition coefficient (Wildman–Crippen LogP) is 9.30. The summed E-state index contributed by atoms with van der Waals surface area (Å²) in [5.74, 6) is 1.01. The van der Waals surface area contributed by atoms with Crippen LogP contribution in [0.4, 0.5) is 0 Å². The van der Waals surface area contributed by atoms with Crippen molar-refractivity contribution in [1.82, 2.24) is 19.5 Å². The number of hydrogen-bond donors (Lipinski definition) is 0. The fourth-order valence-corrected chi connectivity index (χ4v) is 6.28. The zero-order valence-corrected chi connectivity index (χ0v) is 27.2. The van der Waals surface area contributed by atoms with Gasteiger partial charge < -0.3 is 19.0 Å². The molecule has 0 N–H and O–H groups in total. The molecule has 4 aromatic carbocycles. The van der Waals surface area contributed by atoms with E-state index in [1.807, 2.05) is 66.7 Å². The maximum absolute atomic E-state index is 6.52. The van der Waals surface area contributed by atoms with Crippen LogP contribution in [-0.4, -0.2) is 19.5 Å². The third-order valence-electron chi connectivity index (χ3n) is 8.34. The second-order valence-corrected chi connectivity index (χ2v) is 11.7. The molecule has 1 aliphatic heterocycles. The molecule has 0 atom stereocenters. The van der Waals surface area contributed by atoms with Crippen molar-refractivity contribution in [3.63, 3.8) is 0 Å². The number of furan rings is 1. The second-order valence-electron chi connectivity index (χ2n) is 11.7. The van der Waals surface area contributed by atoms with Gasteiger partial charge in [0.05, 0.1) is 11.1 Å². The first-order valence-corrected chi connectivity index (χ1v) is 14.7. The molecule has 0 amide bonds. The molecular formula is C39H28IrN4O-2. The van der Waals surface area contributed by atoms with E-state index in [-0.39, 0.29) is 25.5 Å². The largest absolute Gasteiger partial charge is 0.498 e. The number of imidazole rings is 1. The van der Waals surface area contributed by atoms with Crippen LogP contribution in [-0.2, 0) is 32.1 Å². The van der Waals surface area contributed by atoms with Crippen molar-refractivity contribution in [3.05, 3.63) is 139 Å². The zero-order chi connectivity index (χ0) is 29.7. The van der Waals surface area contributed by atoms with Gasteiger partial charge in [-0.3, -0.25) is 0 Å². The fraction of sp³-hybridized carbons (Fsp3) is 0.103. The van der Waals surface area contributed by atoms with E-state index in [0.29, 0.717) is 0 Å². The fourth-order valence-electron chi connectivity index (χ4n) is 6.28. The molecule has 0 spiro atoms. The first kappa shape index (κ1) is 28.8. The van der Waals surface area contributed by atoms with Crippen LogP contribution >= 0.6 is 0 Å². The summed E-state index contributed by atoms with van der Waals surface area (Å²) >= 11 is 0.